The van der Waals surface area contributed by atoms with Crippen molar-refractivity contribution in [3.63, 3.8) is 0 Å². The van der Waals surface area contributed by atoms with E-state index < -0.39 is 11.6 Å². The highest BCUT2D eigenvalue weighted by molar-refractivity contribution is 5.77. The first kappa shape index (κ1) is 21.2. The molecule has 8 heteroatoms. The van der Waals surface area contributed by atoms with Gasteiger partial charge in [0.25, 0.3) is 0 Å². The largest absolute Gasteiger partial charge is 0.334 e. The minimum absolute atomic E-state index is 0.000997. The van der Waals surface area contributed by atoms with E-state index in [1.165, 1.54) is 12.1 Å². The molecule has 1 aliphatic heterocycles. The van der Waals surface area contributed by atoms with E-state index in [1.54, 1.807) is 11.2 Å². The number of imidazole rings is 1. The fourth-order valence-electron chi connectivity index (χ4n) is 4.08. The van der Waals surface area contributed by atoms with E-state index in [-0.39, 0.29) is 18.6 Å². The molecular formula is C23H27F2N5O. The van der Waals surface area contributed by atoms with Crippen molar-refractivity contribution in [1.82, 2.24) is 24.7 Å². The maximum atomic E-state index is 14.3. The molecule has 1 aliphatic rings. The predicted molar refractivity (Wildman–Crippen MR) is 115 cm³/mol. The van der Waals surface area contributed by atoms with Crippen LogP contribution in [-0.4, -0.2) is 51.6 Å². The van der Waals surface area contributed by atoms with Gasteiger partial charge in [-0.3, -0.25) is 0 Å². The van der Waals surface area contributed by atoms with E-state index in [2.05, 4.69) is 15.2 Å². The highest BCUT2D eigenvalue weighted by atomic mass is 19.1. The van der Waals surface area contributed by atoms with Crippen LogP contribution >= 0.6 is 0 Å². The Kier molecular flexibility index (Phi) is 6.18. The average molecular weight is 427 g/mol. The lowest BCUT2D eigenvalue weighted by Crippen LogP contribution is -2.49. The monoisotopic (exact) mass is 427 g/mol. The number of fused-ring (bicyclic) bond motifs is 1. The number of aryl methyl sites for hydroxylation is 1. The van der Waals surface area contributed by atoms with E-state index >= 15 is 0 Å². The van der Waals surface area contributed by atoms with Crippen molar-refractivity contribution in [3.8, 4) is 0 Å². The number of rotatable bonds is 5. The third kappa shape index (κ3) is 4.85. The number of nitrogens with zero attached hydrogens (tertiary/aromatic N) is 4. The average Bonchev–Trinajstić information content (AvgIpc) is 3.12. The fraction of sp³-hybridized carbons (Fsp3) is 0.391. The van der Waals surface area contributed by atoms with Gasteiger partial charge < -0.3 is 19.7 Å². The molecule has 0 unspecified atom stereocenters. The third-order valence-corrected chi connectivity index (χ3v) is 5.98. The molecule has 0 spiro atoms. The molecule has 1 fully saturated rings. The van der Waals surface area contributed by atoms with Crippen LogP contribution in [0.25, 0.3) is 11.0 Å². The Morgan fingerprint density at radius 2 is 1.94 bits per heavy atom. The van der Waals surface area contributed by atoms with Crippen LogP contribution < -0.4 is 5.32 Å². The van der Waals surface area contributed by atoms with Gasteiger partial charge in [0.1, 0.15) is 11.6 Å². The smallest absolute Gasteiger partial charge is 0.318 e. The second-order valence-corrected chi connectivity index (χ2v) is 8.24. The number of amides is 2. The number of urea groups is 1. The van der Waals surface area contributed by atoms with Gasteiger partial charge in [0, 0.05) is 31.3 Å². The number of halogens is 2. The SMILES string of the molecule is CN1CCC(N(Cc2ccc(F)cc2F)C(=O)NCc2ccc3c(c2)ncn3C)CC1. The van der Waals surface area contributed by atoms with Crippen molar-refractivity contribution in [2.24, 2.45) is 7.05 Å². The third-order valence-electron chi connectivity index (χ3n) is 5.98. The molecular weight excluding hydrogens is 400 g/mol. The summed E-state index contributed by atoms with van der Waals surface area (Å²) in [5, 5.41) is 2.97. The maximum absolute atomic E-state index is 14.3. The molecule has 3 aromatic rings. The Labute approximate surface area is 180 Å². The van der Waals surface area contributed by atoms with E-state index in [9.17, 15) is 13.6 Å². The highest BCUT2D eigenvalue weighted by Crippen LogP contribution is 2.21. The molecule has 1 N–H and O–H groups in total. The molecule has 0 radical (unpaired) electrons. The Hall–Kier alpha value is -3.00. The Balaban J connectivity index is 1.49. The number of aromatic nitrogens is 2. The van der Waals surface area contributed by atoms with Gasteiger partial charge in [-0.15, -0.1) is 0 Å². The lowest BCUT2D eigenvalue weighted by Gasteiger charge is -2.37. The standard InChI is InChI=1S/C23H27F2N5O/c1-28-9-7-19(8-10-28)30(14-17-4-5-18(24)12-20(17)25)23(31)26-13-16-3-6-22-21(11-16)27-15-29(22)2/h3-6,11-12,15,19H,7-10,13-14H2,1-2H3,(H,26,31). The molecule has 6 nitrogen and oxygen atoms in total. The van der Waals surface area contributed by atoms with Crippen LogP contribution in [0.3, 0.4) is 0 Å². The zero-order chi connectivity index (χ0) is 22.0. The van der Waals surface area contributed by atoms with Crippen LogP contribution in [0.4, 0.5) is 13.6 Å². The first-order chi connectivity index (χ1) is 14.9. The second-order valence-electron chi connectivity index (χ2n) is 8.24. The molecule has 0 saturated carbocycles. The second kappa shape index (κ2) is 9.01. The topological polar surface area (TPSA) is 53.4 Å². The summed E-state index contributed by atoms with van der Waals surface area (Å²) in [5.74, 6) is -1.26. The van der Waals surface area contributed by atoms with Crippen molar-refractivity contribution in [2.75, 3.05) is 20.1 Å². The van der Waals surface area contributed by atoms with Gasteiger partial charge >= 0.3 is 6.03 Å². The van der Waals surface area contributed by atoms with E-state index in [1.807, 2.05) is 36.9 Å². The van der Waals surface area contributed by atoms with Crippen molar-refractivity contribution in [2.45, 2.75) is 32.0 Å². The molecule has 164 valence electrons. The molecule has 4 rings (SSSR count). The molecule has 2 heterocycles. The van der Waals surface area contributed by atoms with E-state index in [0.717, 1.165) is 48.6 Å². The van der Waals surface area contributed by atoms with Gasteiger partial charge in [-0.2, -0.15) is 0 Å². The number of hydrogen-bond donors (Lipinski definition) is 1. The normalized spacial score (nSPS) is 15.4. The van der Waals surface area contributed by atoms with Gasteiger partial charge in [-0.05, 0) is 56.7 Å². The zero-order valence-corrected chi connectivity index (χ0v) is 17.8. The van der Waals surface area contributed by atoms with E-state index in [4.69, 9.17) is 0 Å². The number of piperidine rings is 1. The summed E-state index contributed by atoms with van der Waals surface area (Å²) in [6, 6.07) is 9.15. The predicted octanol–water partition coefficient (Wildman–Crippen LogP) is 3.66. The van der Waals surface area contributed by atoms with Crippen molar-refractivity contribution in [1.29, 1.82) is 0 Å². The summed E-state index contributed by atoms with van der Waals surface area (Å²) in [6.07, 6.45) is 3.38. The number of hydrogen-bond acceptors (Lipinski definition) is 3. The van der Waals surface area contributed by atoms with Gasteiger partial charge in [-0.25, -0.2) is 18.6 Å². The van der Waals surface area contributed by atoms with Crippen LogP contribution in [-0.2, 0) is 20.1 Å². The molecule has 0 aliphatic carbocycles. The number of likely N-dealkylation sites (tertiary alicyclic amines) is 1. The summed E-state index contributed by atoms with van der Waals surface area (Å²) in [7, 11) is 3.98. The summed E-state index contributed by atoms with van der Waals surface area (Å²) in [6.45, 7) is 2.19. The Morgan fingerprint density at radius 3 is 2.68 bits per heavy atom. The minimum Gasteiger partial charge on any atom is -0.334 e. The first-order valence-electron chi connectivity index (χ1n) is 10.5. The van der Waals surface area contributed by atoms with Gasteiger partial charge in [0.2, 0.25) is 0 Å². The molecule has 31 heavy (non-hydrogen) atoms. The molecule has 0 atom stereocenters. The summed E-state index contributed by atoms with van der Waals surface area (Å²) < 4.78 is 29.5. The van der Waals surface area contributed by atoms with Gasteiger partial charge in [0.05, 0.1) is 23.9 Å². The Bertz CT molecular complexity index is 1080. The summed E-state index contributed by atoms with van der Waals surface area (Å²) >= 11 is 0. The first-order valence-corrected chi connectivity index (χ1v) is 10.5. The molecule has 1 saturated heterocycles. The number of nitrogens with one attached hydrogen (secondary N) is 1. The fourth-order valence-corrected chi connectivity index (χ4v) is 4.08. The van der Waals surface area contributed by atoms with Gasteiger partial charge in [0.15, 0.2) is 0 Å². The summed E-state index contributed by atoms with van der Waals surface area (Å²) in [5.41, 5.74) is 3.14. The molecule has 1 aromatic heterocycles. The quantitative estimate of drug-likeness (QED) is 0.676. The molecule has 0 bridgehead atoms. The van der Waals surface area contributed by atoms with Crippen LogP contribution in [0.1, 0.15) is 24.0 Å². The maximum Gasteiger partial charge on any atom is 0.318 e. The van der Waals surface area contributed by atoms with Crippen molar-refractivity contribution < 1.29 is 13.6 Å². The van der Waals surface area contributed by atoms with Crippen LogP contribution in [0.15, 0.2) is 42.7 Å². The van der Waals surface area contributed by atoms with Crippen LogP contribution in [0.5, 0.6) is 0 Å². The number of benzene rings is 2. The molecule has 2 aromatic carbocycles. The number of carbonyl (C=O) groups excluding carboxylic acids is 1. The lowest BCUT2D eigenvalue weighted by atomic mass is 10.0. The Morgan fingerprint density at radius 1 is 1.16 bits per heavy atom. The lowest BCUT2D eigenvalue weighted by molar-refractivity contribution is 0.126. The minimum atomic E-state index is -0.633. The van der Waals surface area contributed by atoms with E-state index in [0.29, 0.717) is 12.1 Å². The number of carbonyl (C=O) groups is 1. The van der Waals surface area contributed by atoms with Crippen LogP contribution in [0.2, 0.25) is 0 Å². The van der Waals surface area contributed by atoms with Crippen molar-refractivity contribution >= 4 is 17.1 Å². The molecule has 2 amide bonds. The highest BCUT2D eigenvalue weighted by Gasteiger charge is 2.27. The van der Waals surface area contributed by atoms with Gasteiger partial charge in [-0.1, -0.05) is 12.1 Å². The van der Waals surface area contributed by atoms with Crippen LogP contribution in [0, 0.1) is 11.6 Å². The summed E-state index contributed by atoms with van der Waals surface area (Å²) in [4.78, 5) is 21.4. The van der Waals surface area contributed by atoms with Crippen molar-refractivity contribution in [3.05, 3.63) is 65.5 Å². The zero-order valence-electron chi connectivity index (χ0n) is 17.8.